The van der Waals surface area contributed by atoms with Gasteiger partial charge in [-0.25, -0.2) is 10.2 Å². The minimum Gasteiger partial charge on any atom is -0.481 e. The lowest BCUT2D eigenvalue weighted by atomic mass is 10.0. The monoisotopic (exact) mass is 418 g/mol. The number of ether oxygens (including phenoxy) is 2. The summed E-state index contributed by atoms with van der Waals surface area (Å²) in [4.78, 5) is 24.0. The number of amides is 1. The smallest absolute Gasteiger partial charge is 0.344 e. The molecule has 1 amide bonds. The predicted molar refractivity (Wildman–Crippen MR) is 121 cm³/mol. The predicted octanol–water partition coefficient (Wildman–Crippen LogP) is 4.09. The van der Waals surface area contributed by atoms with Crippen molar-refractivity contribution in [2.75, 3.05) is 13.2 Å². The van der Waals surface area contributed by atoms with Gasteiger partial charge in [-0.05, 0) is 48.7 Å². The minimum atomic E-state index is -0.444. The van der Waals surface area contributed by atoms with Gasteiger partial charge in [0, 0.05) is 5.56 Å². The van der Waals surface area contributed by atoms with E-state index < -0.39 is 5.97 Å². The number of rotatable bonds is 8. The Balaban J connectivity index is 1.76. The average molecular weight is 418 g/mol. The van der Waals surface area contributed by atoms with Gasteiger partial charge >= 0.3 is 5.97 Å². The van der Waals surface area contributed by atoms with Crippen LogP contribution in [0.2, 0.25) is 0 Å². The molecule has 6 nitrogen and oxygen atoms in total. The fourth-order valence-corrected chi connectivity index (χ4v) is 3.30. The number of nitrogens with zero attached hydrogens (tertiary/aromatic N) is 1. The summed E-state index contributed by atoms with van der Waals surface area (Å²) < 4.78 is 10.6. The molecule has 0 radical (unpaired) electrons. The Morgan fingerprint density at radius 2 is 1.87 bits per heavy atom. The van der Waals surface area contributed by atoms with E-state index in [1.54, 1.807) is 19.2 Å². The van der Waals surface area contributed by atoms with E-state index in [-0.39, 0.29) is 18.9 Å². The van der Waals surface area contributed by atoms with Crippen molar-refractivity contribution in [1.29, 1.82) is 0 Å². The van der Waals surface area contributed by atoms with Gasteiger partial charge in [0.25, 0.3) is 0 Å². The van der Waals surface area contributed by atoms with Crippen LogP contribution in [0.4, 0.5) is 0 Å². The fraction of sp³-hybridized carbons (Fsp3) is 0.240. The van der Waals surface area contributed by atoms with Crippen LogP contribution in [0, 0.1) is 13.8 Å². The third kappa shape index (κ3) is 5.92. The number of hydrazone groups is 1. The van der Waals surface area contributed by atoms with Crippen LogP contribution in [-0.2, 0) is 20.7 Å². The summed E-state index contributed by atoms with van der Waals surface area (Å²) in [6.07, 6.45) is 1.79. The number of carbonyl (C=O) groups is 2. The van der Waals surface area contributed by atoms with E-state index in [4.69, 9.17) is 9.47 Å². The highest BCUT2D eigenvalue weighted by Gasteiger charge is 2.11. The molecule has 3 rings (SSSR count). The Labute approximate surface area is 181 Å². The molecule has 0 aliphatic heterocycles. The van der Waals surface area contributed by atoms with Crippen molar-refractivity contribution in [1.82, 2.24) is 5.43 Å². The Kier molecular flexibility index (Phi) is 7.38. The highest BCUT2D eigenvalue weighted by atomic mass is 16.6. The van der Waals surface area contributed by atoms with E-state index >= 15 is 0 Å². The molecule has 0 spiro atoms. The van der Waals surface area contributed by atoms with Crippen LogP contribution in [0.25, 0.3) is 10.8 Å². The lowest BCUT2D eigenvalue weighted by Gasteiger charge is -2.11. The van der Waals surface area contributed by atoms with Gasteiger partial charge in [0.05, 0.1) is 19.2 Å². The number of nitrogens with one attached hydrogen (secondary N) is 1. The third-order valence-electron chi connectivity index (χ3n) is 4.81. The molecule has 0 bridgehead atoms. The van der Waals surface area contributed by atoms with Crippen molar-refractivity contribution >= 4 is 28.9 Å². The van der Waals surface area contributed by atoms with Gasteiger partial charge in [0.15, 0.2) is 6.61 Å². The molecule has 0 fully saturated rings. The maximum atomic E-state index is 12.4. The zero-order valence-corrected chi connectivity index (χ0v) is 18.0. The Hall–Kier alpha value is -3.67. The Morgan fingerprint density at radius 3 is 2.65 bits per heavy atom. The number of aryl methyl sites for hydroxylation is 2. The zero-order valence-electron chi connectivity index (χ0n) is 18.0. The Morgan fingerprint density at radius 1 is 1.06 bits per heavy atom. The SMILES string of the molecule is CCOC(=O)COc1ccc2ccccc2c1/C=N/NC(=O)Cc1ccc(C)cc1C. The van der Waals surface area contributed by atoms with Gasteiger partial charge in [0.1, 0.15) is 5.75 Å². The number of fused-ring (bicyclic) bond motifs is 1. The quantitative estimate of drug-likeness (QED) is 0.340. The molecule has 0 aliphatic carbocycles. The molecule has 31 heavy (non-hydrogen) atoms. The number of esters is 1. The van der Waals surface area contributed by atoms with E-state index in [1.165, 1.54) is 0 Å². The maximum absolute atomic E-state index is 12.4. The summed E-state index contributed by atoms with van der Waals surface area (Å²) in [6.45, 7) is 5.84. The summed E-state index contributed by atoms with van der Waals surface area (Å²) in [6, 6.07) is 17.4. The molecule has 0 atom stereocenters. The van der Waals surface area contributed by atoms with Crippen molar-refractivity contribution in [2.45, 2.75) is 27.2 Å². The molecule has 0 saturated carbocycles. The second-order valence-electron chi connectivity index (χ2n) is 7.19. The van der Waals surface area contributed by atoms with E-state index in [0.717, 1.165) is 27.5 Å². The van der Waals surface area contributed by atoms with Crippen molar-refractivity contribution < 1.29 is 19.1 Å². The van der Waals surface area contributed by atoms with Crippen LogP contribution in [0.15, 0.2) is 59.7 Å². The first kappa shape index (κ1) is 22.0. The van der Waals surface area contributed by atoms with Gasteiger partial charge in [-0.1, -0.05) is 54.1 Å². The second kappa shape index (κ2) is 10.4. The fourth-order valence-electron chi connectivity index (χ4n) is 3.30. The van der Waals surface area contributed by atoms with Crippen LogP contribution >= 0.6 is 0 Å². The first-order valence-corrected chi connectivity index (χ1v) is 10.2. The summed E-state index contributed by atoms with van der Waals surface area (Å²) in [5, 5.41) is 6.03. The molecule has 3 aromatic carbocycles. The van der Waals surface area contributed by atoms with Crippen LogP contribution in [-0.4, -0.2) is 31.3 Å². The highest BCUT2D eigenvalue weighted by Crippen LogP contribution is 2.26. The molecule has 160 valence electrons. The van der Waals surface area contributed by atoms with Crippen LogP contribution in [0.5, 0.6) is 5.75 Å². The highest BCUT2D eigenvalue weighted by molar-refractivity contribution is 6.02. The molecule has 1 N–H and O–H groups in total. The van der Waals surface area contributed by atoms with Gasteiger partial charge in [-0.3, -0.25) is 4.79 Å². The molecule has 0 aliphatic rings. The summed E-state index contributed by atoms with van der Waals surface area (Å²) in [5.41, 5.74) is 6.45. The van der Waals surface area contributed by atoms with Gasteiger partial charge in [-0.2, -0.15) is 5.10 Å². The molecule has 3 aromatic rings. The first-order chi connectivity index (χ1) is 15.0. The number of carbonyl (C=O) groups excluding carboxylic acids is 2. The molecular weight excluding hydrogens is 392 g/mol. The van der Waals surface area contributed by atoms with Crippen molar-refractivity contribution in [3.8, 4) is 5.75 Å². The Bertz CT molecular complexity index is 1120. The summed E-state index contributed by atoms with van der Waals surface area (Å²) >= 11 is 0. The molecule has 6 heteroatoms. The summed E-state index contributed by atoms with van der Waals surface area (Å²) in [7, 11) is 0. The number of hydrogen-bond acceptors (Lipinski definition) is 5. The molecule has 0 saturated heterocycles. The van der Waals surface area contributed by atoms with Crippen LogP contribution < -0.4 is 10.2 Å². The number of benzene rings is 3. The van der Waals surface area contributed by atoms with Crippen molar-refractivity contribution in [3.63, 3.8) is 0 Å². The van der Waals surface area contributed by atoms with E-state index in [2.05, 4.69) is 16.6 Å². The lowest BCUT2D eigenvalue weighted by molar-refractivity contribution is -0.145. The van der Waals surface area contributed by atoms with Gasteiger partial charge in [-0.15, -0.1) is 0 Å². The molecule has 0 aromatic heterocycles. The maximum Gasteiger partial charge on any atom is 0.344 e. The molecule has 0 unspecified atom stereocenters. The molecular formula is C25H26N2O4. The second-order valence-corrected chi connectivity index (χ2v) is 7.19. The van der Waals surface area contributed by atoms with Gasteiger partial charge in [0.2, 0.25) is 5.91 Å². The first-order valence-electron chi connectivity index (χ1n) is 10.2. The number of hydrogen-bond donors (Lipinski definition) is 1. The van der Waals surface area contributed by atoms with Gasteiger partial charge < -0.3 is 9.47 Å². The summed E-state index contributed by atoms with van der Waals surface area (Å²) in [5.74, 6) is -0.170. The molecule has 0 heterocycles. The van der Waals surface area contributed by atoms with E-state index in [9.17, 15) is 9.59 Å². The third-order valence-corrected chi connectivity index (χ3v) is 4.81. The standard InChI is InChI=1S/C25H26N2O4/c1-4-30-25(29)16-31-23-12-11-19-7-5-6-8-21(19)22(23)15-26-27-24(28)14-20-10-9-17(2)13-18(20)3/h5-13,15H,4,14,16H2,1-3H3,(H,27,28)/b26-15+. The van der Waals surface area contributed by atoms with Crippen LogP contribution in [0.3, 0.4) is 0 Å². The van der Waals surface area contributed by atoms with E-state index in [0.29, 0.717) is 17.9 Å². The minimum absolute atomic E-state index is 0.202. The normalized spacial score (nSPS) is 10.9. The largest absolute Gasteiger partial charge is 0.481 e. The van der Waals surface area contributed by atoms with Crippen LogP contribution in [0.1, 0.15) is 29.2 Å². The van der Waals surface area contributed by atoms with Crippen molar-refractivity contribution in [3.05, 3.63) is 76.9 Å². The lowest BCUT2D eigenvalue weighted by Crippen LogP contribution is -2.20. The average Bonchev–Trinajstić information content (AvgIpc) is 2.75. The zero-order chi connectivity index (χ0) is 22.2. The van der Waals surface area contributed by atoms with E-state index in [1.807, 2.05) is 56.3 Å². The van der Waals surface area contributed by atoms with Crippen molar-refractivity contribution in [2.24, 2.45) is 5.10 Å². The topological polar surface area (TPSA) is 77.0 Å².